The van der Waals surface area contributed by atoms with Gasteiger partial charge < -0.3 is 25.2 Å². The van der Waals surface area contributed by atoms with Crippen molar-refractivity contribution in [1.82, 2.24) is 26.1 Å². The Hall–Kier alpha value is -3.83. The number of aliphatic hydroxyl groups excluding tert-OH is 1. The number of amides is 2. The molecule has 0 spiro atoms. The highest BCUT2D eigenvalue weighted by Gasteiger charge is 2.27. The number of ether oxygens (including phenoxy) is 2. The normalized spacial score (nSPS) is 13.0. The molecule has 2 unspecified atom stereocenters. The molecule has 2 amide bonds. The fraction of sp³-hybridized carbons (Fsp3) is 0.375. The lowest BCUT2D eigenvalue weighted by atomic mass is 10.1. The van der Waals surface area contributed by atoms with E-state index < -0.39 is 35.8 Å². The van der Waals surface area contributed by atoms with Gasteiger partial charge in [0.05, 0.1) is 34.9 Å². The first-order chi connectivity index (χ1) is 17.5. The van der Waals surface area contributed by atoms with Crippen molar-refractivity contribution >= 4 is 40.0 Å². The molecule has 0 aliphatic heterocycles. The van der Waals surface area contributed by atoms with Gasteiger partial charge in [-0.2, -0.15) is 10.4 Å². The largest absolute Gasteiger partial charge is 0.467 e. The SMILES string of the molecule is COC(=O)C(CNC(O)OC(C)(C)C)NC(=O)c1sc(C(=O)NCc2cccc3[nH]ncc23)cc1C#N. The van der Waals surface area contributed by atoms with Gasteiger partial charge in [0, 0.05) is 18.5 Å². The molecule has 0 saturated heterocycles. The number of rotatable bonds is 10. The number of esters is 1. The summed E-state index contributed by atoms with van der Waals surface area (Å²) >= 11 is 0.823. The third-order valence-electron chi connectivity index (χ3n) is 5.05. The fourth-order valence-electron chi connectivity index (χ4n) is 3.36. The summed E-state index contributed by atoms with van der Waals surface area (Å²) in [6, 6.07) is 7.59. The van der Waals surface area contributed by atoms with Crippen molar-refractivity contribution in [1.29, 1.82) is 5.26 Å². The van der Waals surface area contributed by atoms with Crippen LogP contribution >= 0.6 is 11.3 Å². The average molecular weight is 529 g/mol. The lowest BCUT2D eigenvalue weighted by Crippen LogP contribution is -2.51. The van der Waals surface area contributed by atoms with Crippen molar-refractivity contribution in [3.8, 4) is 6.07 Å². The number of thiophene rings is 1. The Morgan fingerprint density at radius 3 is 2.70 bits per heavy atom. The van der Waals surface area contributed by atoms with Crippen LogP contribution in [0.3, 0.4) is 0 Å². The second kappa shape index (κ2) is 11.9. The van der Waals surface area contributed by atoms with Crippen LogP contribution in [-0.4, -0.2) is 64.8 Å². The predicted molar refractivity (Wildman–Crippen MR) is 134 cm³/mol. The van der Waals surface area contributed by atoms with Crippen molar-refractivity contribution in [2.75, 3.05) is 13.7 Å². The van der Waals surface area contributed by atoms with E-state index in [2.05, 4.69) is 26.1 Å². The monoisotopic (exact) mass is 528 g/mol. The van der Waals surface area contributed by atoms with E-state index in [4.69, 9.17) is 9.47 Å². The molecule has 0 aliphatic rings. The Labute approximate surface area is 217 Å². The molecule has 2 aromatic heterocycles. The predicted octanol–water partition coefficient (Wildman–Crippen LogP) is 1.38. The van der Waals surface area contributed by atoms with Crippen LogP contribution in [0.4, 0.5) is 0 Å². The zero-order valence-electron chi connectivity index (χ0n) is 20.7. The van der Waals surface area contributed by atoms with E-state index in [9.17, 15) is 24.8 Å². The molecule has 5 N–H and O–H groups in total. The van der Waals surface area contributed by atoms with Crippen LogP contribution in [0.1, 0.15) is 51.2 Å². The summed E-state index contributed by atoms with van der Waals surface area (Å²) < 4.78 is 10.1. The lowest BCUT2D eigenvalue weighted by Gasteiger charge is -2.25. The number of benzene rings is 1. The maximum Gasteiger partial charge on any atom is 0.329 e. The third kappa shape index (κ3) is 7.34. The number of hydrogen-bond acceptors (Lipinski definition) is 10. The maximum absolute atomic E-state index is 12.9. The minimum atomic E-state index is -1.40. The molecule has 2 heterocycles. The minimum absolute atomic E-state index is 0.0164. The summed E-state index contributed by atoms with van der Waals surface area (Å²) in [7, 11) is 1.15. The quantitative estimate of drug-likeness (QED) is 0.192. The van der Waals surface area contributed by atoms with Crippen molar-refractivity contribution < 1.29 is 29.0 Å². The number of carbonyl (C=O) groups excluding carboxylic acids is 3. The van der Waals surface area contributed by atoms with E-state index in [1.807, 2.05) is 24.3 Å². The maximum atomic E-state index is 12.9. The standard InChI is InChI=1S/C24H28N6O6S/c1-24(2,3)36-23(34)27-12-17(22(33)35-4)29-21(32)19-14(9-25)8-18(37-19)20(31)26-10-13-6-5-7-16-15(13)11-28-30-16/h5-8,11,17,23,27,34H,10,12H2,1-4H3,(H,26,31)(H,28,30)(H,29,32). The fourth-order valence-corrected chi connectivity index (χ4v) is 4.28. The number of aromatic nitrogens is 2. The van der Waals surface area contributed by atoms with E-state index in [0.717, 1.165) is 34.9 Å². The number of aliphatic hydroxyl groups is 1. The molecule has 196 valence electrons. The summed E-state index contributed by atoms with van der Waals surface area (Å²) in [5, 5.41) is 35.1. The smallest absolute Gasteiger partial charge is 0.329 e. The lowest BCUT2D eigenvalue weighted by molar-refractivity contribution is -0.182. The molecule has 0 fully saturated rings. The van der Waals surface area contributed by atoms with Gasteiger partial charge in [-0.1, -0.05) is 12.1 Å². The summed E-state index contributed by atoms with van der Waals surface area (Å²) in [6.07, 6.45) is 0.266. The number of hydrogen-bond donors (Lipinski definition) is 5. The first kappa shape index (κ1) is 27.8. The van der Waals surface area contributed by atoms with Gasteiger partial charge in [-0.05, 0) is 38.5 Å². The summed E-state index contributed by atoms with van der Waals surface area (Å²) in [5.41, 5.74) is 1.01. The van der Waals surface area contributed by atoms with Gasteiger partial charge in [-0.15, -0.1) is 11.3 Å². The summed E-state index contributed by atoms with van der Waals surface area (Å²) in [4.78, 5) is 38.0. The van der Waals surface area contributed by atoms with Gasteiger partial charge in [0.25, 0.3) is 11.8 Å². The van der Waals surface area contributed by atoms with E-state index in [-0.39, 0.29) is 28.4 Å². The van der Waals surface area contributed by atoms with Crippen LogP contribution in [0.5, 0.6) is 0 Å². The molecule has 0 aliphatic carbocycles. The number of fused-ring (bicyclic) bond motifs is 1. The topological polar surface area (TPSA) is 178 Å². The summed E-state index contributed by atoms with van der Waals surface area (Å²) in [6.45, 7) is 5.22. The highest BCUT2D eigenvalue weighted by Crippen LogP contribution is 2.23. The Morgan fingerprint density at radius 2 is 2.03 bits per heavy atom. The molecule has 0 saturated carbocycles. The van der Waals surface area contributed by atoms with Gasteiger partial charge in [-0.3, -0.25) is 20.0 Å². The molecule has 0 radical (unpaired) electrons. The number of nitriles is 1. The van der Waals surface area contributed by atoms with Crippen molar-refractivity contribution in [3.63, 3.8) is 0 Å². The first-order valence-electron chi connectivity index (χ1n) is 11.2. The van der Waals surface area contributed by atoms with Crippen LogP contribution in [-0.2, 0) is 20.8 Å². The third-order valence-corrected chi connectivity index (χ3v) is 6.18. The molecule has 1 aromatic carbocycles. The molecule has 37 heavy (non-hydrogen) atoms. The highest BCUT2D eigenvalue weighted by atomic mass is 32.1. The van der Waals surface area contributed by atoms with Gasteiger partial charge in [-0.25, -0.2) is 4.79 Å². The Morgan fingerprint density at radius 1 is 1.27 bits per heavy atom. The van der Waals surface area contributed by atoms with Crippen molar-refractivity contribution in [2.24, 2.45) is 0 Å². The zero-order chi connectivity index (χ0) is 27.2. The van der Waals surface area contributed by atoms with E-state index in [0.29, 0.717) is 0 Å². The number of aromatic amines is 1. The van der Waals surface area contributed by atoms with Crippen molar-refractivity contribution in [2.45, 2.75) is 45.4 Å². The van der Waals surface area contributed by atoms with Crippen LogP contribution < -0.4 is 16.0 Å². The molecule has 13 heteroatoms. The average Bonchev–Trinajstić information content (AvgIpc) is 3.51. The number of H-pyrrole nitrogens is 1. The first-order valence-corrected chi connectivity index (χ1v) is 12.0. The molecule has 0 bridgehead atoms. The van der Waals surface area contributed by atoms with Gasteiger partial charge in [0.1, 0.15) is 17.0 Å². The number of carbonyl (C=O) groups is 3. The number of methoxy groups -OCH3 is 1. The van der Waals surface area contributed by atoms with Crippen LogP contribution in [0.15, 0.2) is 30.5 Å². The van der Waals surface area contributed by atoms with Crippen LogP contribution in [0.2, 0.25) is 0 Å². The molecular weight excluding hydrogens is 500 g/mol. The highest BCUT2D eigenvalue weighted by molar-refractivity contribution is 7.16. The molecular formula is C24H28N6O6S. The number of nitrogens with one attached hydrogen (secondary N) is 4. The molecule has 2 atom stereocenters. The van der Waals surface area contributed by atoms with Crippen LogP contribution in [0.25, 0.3) is 10.9 Å². The molecule has 3 aromatic rings. The Bertz CT molecular complexity index is 1320. The number of nitrogens with zero attached hydrogens (tertiary/aromatic N) is 2. The molecule has 3 rings (SSSR count). The van der Waals surface area contributed by atoms with Crippen molar-refractivity contribution in [3.05, 3.63) is 51.3 Å². The second-order valence-corrected chi connectivity index (χ2v) is 9.99. The second-order valence-electron chi connectivity index (χ2n) is 8.94. The van der Waals surface area contributed by atoms with Gasteiger partial charge >= 0.3 is 5.97 Å². The van der Waals surface area contributed by atoms with E-state index >= 15 is 0 Å². The van der Waals surface area contributed by atoms with Gasteiger partial charge in [0.2, 0.25) is 6.41 Å². The van der Waals surface area contributed by atoms with E-state index in [1.54, 1.807) is 27.0 Å². The van der Waals surface area contributed by atoms with Crippen LogP contribution in [0, 0.1) is 11.3 Å². The molecule has 12 nitrogen and oxygen atoms in total. The zero-order valence-corrected chi connectivity index (χ0v) is 21.6. The summed E-state index contributed by atoms with van der Waals surface area (Å²) in [5.74, 6) is -1.98. The van der Waals surface area contributed by atoms with Gasteiger partial charge in [0.15, 0.2) is 0 Å². The van der Waals surface area contributed by atoms with E-state index in [1.165, 1.54) is 6.07 Å². The minimum Gasteiger partial charge on any atom is -0.467 e. The Kier molecular flexibility index (Phi) is 8.95. The Balaban J connectivity index is 1.68.